The van der Waals surface area contributed by atoms with E-state index in [4.69, 9.17) is 5.26 Å². The van der Waals surface area contributed by atoms with Crippen molar-refractivity contribution >= 4 is 16.7 Å². The molecule has 0 fully saturated rings. The van der Waals surface area contributed by atoms with E-state index in [0.29, 0.717) is 28.7 Å². The Balaban J connectivity index is 2.07. The second-order valence-corrected chi connectivity index (χ2v) is 7.22. The molecule has 1 aliphatic rings. The molecule has 0 atom stereocenters. The lowest BCUT2D eigenvalue weighted by Gasteiger charge is -2.32. The number of aryl methyl sites for hydroxylation is 1. The predicted octanol–water partition coefficient (Wildman–Crippen LogP) is 4.34. The van der Waals surface area contributed by atoms with E-state index in [1.165, 1.54) is 0 Å². The van der Waals surface area contributed by atoms with Crippen molar-refractivity contribution in [2.45, 2.75) is 32.6 Å². The third-order valence-corrected chi connectivity index (χ3v) is 5.44. The lowest BCUT2D eigenvalue weighted by Crippen LogP contribution is -2.30. The Labute approximate surface area is 151 Å². The van der Waals surface area contributed by atoms with Crippen LogP contribution in [0.4, 0.5) is 0 Å². The number of hydrogen-bond acceptors (Lipinski definition) is 3. The van der Waals surface area contributed by atoms with Crippen LogP contribution in [0.1, 0.15) is 64.6 Å². The van der Waals surface area contributed by atoms with E-state index in [-0.39, 0.29) is 5.78 Å². The van der Waals surface area contributed by atoms with E-state index >= 15 is 0 Å². The molecule has 1 heterocycles. The lowest BCUT2D eigenvalue weighted by atomic mass is 9.70. The van der Waals surface area contributed by atoms with Gasteiger partial charge in [-0.3, -0.25) is 4.79 Å². The maximum Gasteiger partial charge on any atom is 0.195 e. The summed E-state index contributed by atoms with van der Waals surface area (Å²) in [5.41, 5.74) is 5.48. The monoisotopic (exact) mass is 339 g/mol. The maximum atomic E-state index is 13.3. The molecule has 3 aromatic rings. The number of carbonyl (C=O) groups excluding carboxylic acids is 1. The van der Waals surface area contributed by atoms with Gasteiger partial charge in [0.15, 0.2) is 5.78 Å². The number of nitriles is 2. The summed E-state index contributed by atoms with van der Waals surface area (Å²) in [6.45, 7) is 6.11. The Kier molecular flexibility index (Phi) is 3.29. The van der Waals surface area contributed by atoms with Crippen LogP contribution in [0.2, 0.25) is 0 Å². The summed E-state index contributed by atoms with van der Waals surface area (Å²) >= 11 is 0. The van der Waals surface area contributed by atoms with Gasteiger partial charge >= 0.3 is 0 Å². The molecule has 0 amide bonds. The molecule has 126 valence electrons. The largest absolute Gasteiger partial charge is 0.357 e. The van der Waals surface area contributed by atoms with E-state index in [9.17, 15) is 10.1 Å². The standard InChI is InChI=1S/C22H17N3O/c1-4-13-8-16-17(9-14(13)11-24)22(2,3)21-19(20(16)26)15-6-5-12(10-23)7-18(15)25-21/h5-9,25H,4H2,1-3H3. The number of nitrogens with one attached hydrogen (secondary N) is 1. The molecule has 0 spiro atoms. The van der Waals surface area contributed by atoms with Crippen LogP contribution < -0.4 is 0 Å². The van der Waals surface area contributed by atoms with E-state index in [0.717, 1.165) is 27.7 Å². The van der Waals surface area contributed by atoms with E-state index in [1.807, 2.05) is 25.1 Å². The van der Waals surface area contributed by atoms with Crippen molar-refractivity contribution in [3.63, 3.8) is 0 Å². The highest BCUT2D eigenvalue weighted by Gasteiger charge is 2.40. The molecular weight excluding hydrogens is 322 g/mol. The van der Waals surface area contributed by atoms with Gasteiger partial charge < -0.3 is 4.98 Å². The minimum atomic E-state index is -0.442. The molecule has 1 aliphatic carbocycles. The van der Waals surface area contributed by atoms with Crippen LogP contribution in [0.15, 0.2) is 30.3 Å². The minimum absolute atomic E-state index is 0.0236. The lowest BCUT2D eigenvalue weighted by molar-refractivity contribution is 0.103. The number of hydrogen-bond donors (Lipinski definition) is 1. The Morgan fingerprint density at radius 1 is 1.12 bits per heavy atom. The van der Waals surface area contributed by atoms with Crippen molar-refractivity contribution < 1.29 is 4.79 Å². The summed E-state index contributed by atoms with van der Waals surface area (Å²) in [6, 6.07) is 13.5. The average Bonchev–Trinajstić information content (AvgIpc) is 3.05. The normalized spacial score (nSPS) is 14.4. The van der Waals surface area contributed by atoms with Crippen molar-refractivity contribution in [1.82, 2.24) is 4.98 Å². The fraction of sp³-hybridized carbons (Fsp3) is 0.227. The molecule has 4 nitrogen and oxygen atoms in total. The molecular formula is C22H17N3O. The fourth-order valence-corrected chi connectivity index (χ4v) is 3.99. The molecule has 2 aromatic carbocycles. The van der Waals surface area contributed by atoms with Crippen LogP contribution in [-0.4, -0.2) is 10.8 Å². The van der Waals surface area contributed by atoms with Crippen molar-refractivity contribution in [2.24, 2.45) is 0 Å². The first-order valence-corrected chi connectivity index (χ1v) is 8.60. The Morgan fingerprint density at radius 2 is 1.88 bits per heavy atom. The van der Waals surface area contributed by atoms with Gasteiger partial charge in [0.05, 0.1) is 28.8 Å². The van der Waals surface area contributed by atoms with E-state index in [1.54, 1.807) is 12.1 Å². The molecule has 0 radical (unpaired) electrons. The average molecular weight is 339 g/mol. The van der Waals surface area contributed by atoms with Crippen LogP contribution in [0.3, 0.4) is 0 Å². The summed E-state index contributed by atoms with van der Waals surface area (Å²) in [5, 5.41) is 19.5. The first-order valence-electron chi connectivity index (χ1n) is 8.60. The zero-order valence-corrected chi connectivity index (χ0v) is 14.9. The summed E-state index contributed by atoms with van der Waals surface area (Å²) in [4.78, 5) is 16.7. The third-order valence-electron chi connectivity index (χ3n) is 5.44. The summed E-state index contributed by atoms with van der Waals surface area (Å²) in [7, 11) is 0. The van der Waals surface area contributed by atoms with Crippen LogP contribution in [-0.2, 0) is 11.8 Å². The number of benzene rings is 2. The molecule has 26 heavy (non-hydrogen) atoms. The number of rotatable bonds is 1. The zero-order chi connectivity index (χ0) is 18.6. The highest BCUT2D eigenvalue weighted by atomic mass is 16.1. The zero-order valence-electron chi connectivity index (χ0n) is 14.9. The summed E-state index contributed by atoms with van der Waals surface area (Å²) in [6.07, 6.45) is 0.705. The van der Waals surface area contributed by atoms with Crippen molar-refractivity contribution in [3.05, 3.63) is 69.4 Å². The number of carbonyl (C=O) groups is 1. The first-order chi connectivity index (χ1) is 12.4. The van der Waals surface area contributed by atoms with Crippen LogP contribution in [0.5, 0.6) is 0 Å². The molecule has 0 saturated heterocycles. The van der Waals surface area contributed by atoms with Gasteiger partial charge in [-0.1, -0.05) is 26.8 Å². The Hall–Kier alpha value is -3.37. The smallest absolute Gasteiger partial charge is 0.195 e. The van der Waals surface area contributed by atoms with Gasteiger partial charge in [0, 0.05) is 27.6 Å². The maximum absolute atomic E-state index is 13.3. The van der Waals surface area contributed by atoms with Gasteiger partial charge in [-0.05, 0) is 41.8 Å². The third kappa shape index (κ3) is 1.96. The van der Waals surface area contributed by atoms with Gasteiger partial charge in [-0.2, -0.15) is 10.5 Å². The molecule has 0 bridgehead atoms. The number of ketones is 1. The second-order valence-electron chi connectivity index (χ2n) is 7.22. The number of nitrogens with zero attached hydrogens (tertiary/aromatic N) is 2. The molecule has 0 aliphatic heterocycles. The Bertz CT molecular complexity index is 1180. The summed E-state index contributed by atoms with van der Waals surface area (Å²) < 4.78 is 0. The second kappa shape index (κ2) is 5.31. The van der Waals surface area contributed by atoms with Crippen molar-refractivity contribution in [3.8, 4) is 12.1 Å². The quantitative estimate of drug-likeness (QED) is 0.716. The van der Waals surface area contributed by atoms with Crippen LogP contribution in [0.25, 0.3) is 10.9 Å². The summed E-state index contributed by atoms with van der Waals surface area (Å²) in [5.74, 6) is -0.0236. The SMILES string of the molecule is CCc1cc2c(cc1C#N)C(C)(C)c1[nH]c3cc(C#N)ccc3c1C2=O. The highest BCUT2D eigenvalue weighted by Crippen LogP contribution is 2.44. The van der Waals surface area contributed by atoms with Gasteiger partial charge in [-0.25, -0.2) is 0 Å². The first kappa shape index (κ1) is 16.1. The number of H-pyrrole nitrogens is 1. The number of aromatic amines is 1. The van der Waals surface area contributed by atoms with Crippen molar-refractivity contribution in [1.29, 1.82) is 10.5 Å². The van der Waals surface area contributed by atoms with E-state index in [2.05, 4.69) is 31.0 Å². The molecule has 1 aromatic heterocycles. The number of aromatic nitrogens is 1. The Morgan fingerprint density at radius 3 is 2.54 bits per heavy atom. The minimum Gasteiger partial charge on any atom is -0.357 e. The van der Waals surface area contributed by atoms with E-state index < -0.39 is 5.41 Å². The molecule has 0 saturated carbocycles. The van der Waals surface area contributed by atoms with Gasteiger partial charge in [0.25, 0.3) is 0 Å². The predicted molar refractivity (Wildman–Crippen MR) is 99.1 cm³/mol. The molecule has 1 N–H and O–H groups in total. The van der Waals surface area contributed by atoms with Crippen LogP contribution in [0, 0.1) is 22.7 Å². The highest BCUT2D eigenvalue weighted by molar-refractivity contribution is 6.20. The number of fused-ring (bicyclic) bond motifs is 4. The topological polar surface area (TPSA) is 80.4 Å². The van der Waals surface area contributed by atoms with Crippen LogP contribution >= 0.6 is 0 Å². The molecule has 0 unspecified atom stereocenters. The van der Waals surface area contributed by atoms with Crippen molar-refractivity contribution in [2.75, 3.05) is 0 Å². The van der Waals surface area contributed by atoms with Gasteiger partial charge in [0.2, 0.25) is 0 Å². The molecule has 4 rings (SSSR count). The fourth-order valence-electron chi connectivity index (χ4n) is 3.99. The van der Waals surface area contributed by atoms with Gasteiger partial charge in [0.1, 0.15) is 0 Å². The molecule has 4 heteroatoms. The van der Waals surface area contributed by atoms with Gasteiger partial charge in [-0.15, -0.1) is 0 Å².